The van der Waals surface area contributed by atoms with Crippen LogP contribution in [0.15, 0.2) is 46.6 Å². The van der Waals surface area contributed by atoms with Gasteiger partial charge >= 0.3 is 0 Å². The number of azo groups is 1. The molecule has 0 saturated carbocycles. The molecule has 1 amide bonds. The molecular weight excluding hydrogens is 414 g/mol. The summed E-state index contributed by atoms with van der Waals surface area (Å²) < 4.78 is 21.5. The van der Waals surface area contributed by atoms with Crippen molar-refractivity contribution in [1.82, 2.24) is 0 Å². The smallest absolute Gasteiger partial charge is 0.276 e. The second-order valence-electron chi connectivity index (χ2n) is 5.92. The van der Waals surface area contributed by atoms with Gasteiger partial charge in [-0.1, -0.05) is 0 Å². The van der Waals surface area contributed by atoms with Crippen LogP contribution in [0.4, 0.5) is 11.4 Å². The zero-order chi connectivity index (χ0) is 22.3. The number of anilines is 1. The summed E-state index contributed by atoms with van der Waals surface area (Å²) in [7, 11) is 5.90. The Bertz CT molecular complexity index is 950. The van der Waals surface area contributed by atoms with E-state index in [4.69, 9.17) is 30.7 Å². The number of methoxy groups -OCH3 is 4. The second-order valence-corrected chi connectivity index (χ2v) is 6.26. The fraction of sp³-hybridized carbons (Fsp3) is 0.300. The lowest BCUT2D eigenvalue weighted by Gasteiger charge is -2.18. The number of nitrogens with zero attached hydrogens (tertiary/aromatic N) is 3. The van der Waals surface area contributed by atoms with E-state index in [1.54, 1.807) is 30.3 Å². The average molecular weight is 436 g/mol. The Morgan fingerprint density at radius 3 is 2.10 bits per heavy atom. The molecule has 0 heterocycles. The monoisotopic (exact) mass is 435 g/mol. The fourth-order valence-electron chi connectivity index (χ4n) is 2.48. The van der Waals surface area contributed by atoms with Gasteiger partial charge in [-0.3, -0.25) is 9.59 Å². The summed E-state index contributed by atoms with van der Waals surface area (Å²) in [6.45, 7) is 1.23. The van der Waals surface area contributed by atoms with E-state index in [9.17, 15) is 9.59 Å². The lowest BCUT2D eigenvalue weighted by Crippen LogP contribution is -2.36. The van der Waals surface area contributed by atoms with Crippen molar-refractivity contribution in [2.24, 2.45) is 10.2 Å². The number of Topliss-reactive ketones (excluding diaryl/α,β-unsaturated/α-hetero) is 1. The molecule has 0 aliphatic carbocycles. The zero-order valence-electron chi connectivity index (χ0n) is 17.2. The van der Waals surface area contributed by atoms with Gasteiger partial charge in [-0.05, 0) is 31.2 Å². The van der Waals surface area contributed by atoms with Gasteiger partial charge in [-0.25, -0.2) is 4.42 Å². The van der Waals surface area contributed by atoms with Crippen LogP contribution < -0.4 is 23.4 Å². The lowest BCUT2D eigenvalue weighted by atomic mass is 10.2. The molecule has 2 rings (SSSR count). The van der Waals surface area contributed by atoms with Gasteiger partial charge in [0.05, 0.1) is 34.1 Å². The molecule has 0 aliphatic rings. The summed E-state index contributed by atoms with van der Waals surface area (Å²) in [4.78, 5) is 24.9. The molecule has 9 nitrogen and oxygen atoms in total. The van der Waals surface area contributed by atoms with Crippen molar-refractivity contribution in [3.63, 3.8) is 0 Å². The highest BCUT2D eigenvalue weighted by Gasteiger charge is 2.29. The number of amides is 1. The average Bonchev–Trinajstić information content (AvgIpc) is 2.77. The van der Waals surface area contributed by atoms with E-state index in [0.29, 0.717) is 28.7 Å². The molecule has 30 heavy (non-hydrogen) atoms. The van der Waals surface area contributed by atoms with Crippen LogP contribution in [0.25, 0.3) is 0 Å². The van der Waals surface area contributed by atoms with Crippen LogP contribution in [0.3, 0.4) is 0 Å². The first kappa shape index (κ1) is 23.0. The van der Waals surface area contributed by atoms with Crippen LogP contribution in [0.5, 0.6) is 23.0 Å². The molecule has 0 radical (unpaired) electrons. The SMILES string of the molecule is COc1ccc(OC)c(N=NC(C(C)=O)C(=O)N(Cl)c2ccc(OC)c(OC)c2)c1. The van der Waals surface area contributed by atoms with Gasteiger partial charge in [0.2, 0.25) is 6.04 Å². The Morgan fingerprint density at radius 1 is 0.900 bits per heavy atom. The van der Waals surface area contributed by atoms with Crippen LogP contribution in [0.1, 0.15) is 6.92 Å². The van der Waals surface area contributed by atoms with Crippen molar-refractivity contribution in [3.05, 3.63) is 36.4 Å². The Morgan fingerprint density at radius 2 is 1.53 bits per heavy atom. The largest absolute Gasteiger partial charge is 0.497 e. The Kier molecular flexibility index (Phi) is 7.99. The van der Waals surface area contributed by atoms with E-state index in [1.165, 1.54) is 41.4 Å². The van der Waals surface area contributed by atoms with Crippen LogP contribution in [-0.2, 0) is 9.59 Å². The number of carbonyl (C=O) groups excluding carboxylic acids is 2. The van der Waals surface area contributed by atoms with Crippen molar-refractivity contribution in [3.8, 4) is 23.0 Å². The van der Waals surface area contributed by atoms with Gasteiger partial charge in [-0.2, -0.15) is 10.2 Å². The van der Waals surface area contributed by atoms with E-state index in [2.05, 4.69) is 10.2 Å². The van der Waals surface area contributed by atoms with Gasteiger partial charge in [0.15, 0.2) is 17.3 Å². The minimum atomic E-state index is -1.45. The molecule has 0 fully saturated rings. The third-order valence-corrected chi connectivity index (χ3v) is 4.44. The van der Waals surface area contributed by atoms with Crippen LogP contribution >= 0.6 is 11.8 Å². The third-order valence-electron chi connectivity index (χ3n) is 4.07. The van der Waals surface area contributed by atoms with E-state index >= 15 is 0 Å². The number of ether oxygens (including phenoxy) is 4. The normalized spacial score (nSPS) is 11.7. The summed E-state index contributed by atoms with van der Waals surface area (Å²) in [5.74, 6) is 0.442. The molecule has 2 aromatic carbocycles. The van der Waals surface area contributed by atoms with Crippen molar-refractivity contribution in [2.75, 3.05) is 32.9 Å². The summed E-state index contributed by atoms with van der Waals surface area (Å²) in [5, 5.41) is 7.92. The Hall–Kier alpha value is -3.33. The zero-order valence-corrected chi connectivity index (χ0v) is 18.0. The minimum Gasteiger partial charge on any atom is -0.497 e. The predicted molar refractivity (Wildman–Crippen MR) is 111 cm³/mol. The van der Waals surface area contributed by atoms with E-state index in [-0.39, 0.29) is 5.69 Å². The fourth-order valence-corrected chi connectivity index (χ4v) is 2.68. The maximum atomic E-state index is 12.8. The van der Waals surface area contributed by atoms with Gasteiger partial charge in [0, 0.05) is 23.9 Å². The van der Waals surface area contributed by atoms with Crippen LogP contribution in [0.2, 0.25) is 0 Å². The summed E-state index contributed by atoms with van der Waals surface area (Å²) >= 11 is 6.20. The minimum absolute atomic E-state index is 0.278. The van der Waals surface area contributed by atoms with E-state index in [0.717, 1.165) is 4.42 Å². The topological polar surface area (TPSA) is 99.0 Å². The standard InChI is InChI=1S/C20H22ClN3O6/c1-12(25)19(23-22-15-11-14(27-2)7-9-16(15)28-3)20(26)24(21)13-6-8-17(29-4)18(10-13)30-5/h6-11,19H,1-5H3. The molecule has 1 unspecified atom stereocenters. The van der Waals surface area contributed by atoms with Gasteiger partial charge in [0.25, 0.3) is 5.91 Å². The molecule has 0 bridgehead atoms. The number of halogens is 1. The van der Waals surface area contributed by atoms with Crippen molar-refractivity contribution < 1.29 is 28.5 Å². The lowest BCUT2D eigenvalue weighted by molar-refractivity contribution is -0.126. The number of ketones is 1. The van der Waals surface area contributed by atoms with Crippen LogP contribution in [-0.4, -0.2) is 46.2 Å². The predicted octanol–water partition coefficient (Wildman–Crippen LogP) is 3.95. The highest BCUT2D eigenvalue weighted by Crippen LogP contribution is 2.34. The maximum Gasteiger partial charge on any atom is 0.276 e. The van der Waals surface area contributed by atoms with Gasteiger partial charge < -0.3 is 18.9 Å². The molecule has 0 saturated heterocycles. The Labute approximate surface area is 179 Å². The van der Waals surface area contributed by atoms with Crippen molar-refractivity contribution in [1.29, 1.82) is 0 Å². The first-order valence-corrected chi connectivity index (χ1v) is 9.05. The third kappa shape index (κ3) is 5.18. The second kappa shape index (κ2) is 10.4. The number of benzene rings is 2. The molecule has 0 N–H and O–H groups in total. The molecule has 1 atom stereocenters. The van der Waals surface area contributed by atoms with Gasteiger partial charge in [-0.15, -0.1) is 0 Å². The highest BCUT2D eigenvalue weighted by atomic mass is 35.5. The first-order valence-electron chi connectivity index (χ1n) is 8.71. The molecular formula is C20H22ClN3O6. The molecule has 2 aromatic rings. The Balaban J connectivity index is 2.33. The number of carbonyl (C=O) groups is 2. The molecule has 0 aliphatic heterocycles. The first-order chi connectivity index (χ1) is 14.4. The van der Waals surface area contributed by atoms with Crippen molar-refractivity contribution in [2.45, 2.75) is 13.0 Å². The highest BCUT2D eigenvalue weighted by molar-refractivity contribution is 6.39. The van der Waals surface area contributed by atoms with E-state index in [1.807, 2.05) is 0 Å². The molecule has 0 aromatic heterocycles. The quantitative estimate of drug-likeness (QED) is 0.336. The van der Waals surface area contributed by atoms with Gasteiger partial charge in [0.1, 0.15) is 17.2 Å². The summed E-state index contributed by atoms with van der Waals surface area (Å²) in [5.41, 5.74) is 0.572. The molecule has 160 valence electrons. The summed E-state index contributed by atoms with van der Waals surface area (Å²) in [6, 6.07) is 8.07. The molecule has 10 heteroatoms. The van der Waals surface area contributed by atoms with Crippen LogP contribution in [0, 0.1) is 0 Å². The number of hydrogen-bond donors (Lipinski definition) is 0. The van der Waals surface area contributed by atoms with Crippen molar-refractivity contribution >= 4 is 34.8 Å². The number of rotatable bonds is 9. The molecule has 0 spiro atoms. The summed E-state index contributed by atoms with van der Waals surface area (Å²) in [6.07, 6.45) is 0. The van der Waals surface area contributed by atoms with E-state index < -0.39 is 17.7 Å². The maximum absolute atomic E-state index is 12.8. The number of hydrogen-bond acceptors (Lipinski definition) is 8.